The molecule has 3 aromatic rings. The Bertz CT molecular complexity index is 1170. The maximum absolute atomic E-state index is 13.1. The van der Waals surface area contributed by atoms with Crippen molar-refractivity contribution < 1.29 is 28.6 Å². The number of nitrogens with zero attached hydrogens (tertiary/aromatic N) is 1. The number of carbonyl (C=O) groups is 1. The lowest BCUT2D eigenvalue weighted by molar-refractivity contribution is -0.142. The van der Waals surface area contributed by atoms with Gasteiger partial charge in [-0.15, -0.1) is 0 Å². The van der Waals surface area contributed by atoms with E-state index in [4.69, 9.17) is 9.15 Å². The van der Waals surface area contributed by atoms with Crippen LogP contribution in [0.5, 0.6) is 17.2 Å². The van der Waals surface area contributed by atoms with E-state index in [1.54, 1.807) is 11.8 Å². The Morgan fingerprint density at radius 1 is 1.27 bits per heavy atom. The molecule has 0 amide bonds. The highest BCUT2D eigenvalue weighted by Crippen LogP contribution is 2.33. The minimum Gasteiger partial charge on any atom is -0.507 e. The van der Waals surface area contributed by atoms with Crippen LogP contribution in [-0.2, 0) is 11.3 Å². The van der Waals surface area contributed by atoms with E-state index in [1.165, 1.54) is 36.4 Å². The number of rotatable bonds is 5. The first-order valence-corrected chi connectivity index (χ1v) is 9.53. The summed E-state index contributed by atoms with van der Waals surface area (Å²) in [5, 5.41) is 20.0. The van der Waals surface area contributed by atoms with E-state index < -0.39 is 23.3 Å². The number of halogens is 1. The van der Waals surface area contributed by atoms with E-state index in [0.717, 1.165) is 6.42 Å². The van der Waals surface area contributed by atoms with Gasteiger partial charge in [0.25, 0.3) is 0 Å². The SMILES string of the molecule is Cc1oc2c(CN3CCCC3C(=O)O)c(O)ccc2c(=O)c1Oc1ccc(F)cc1. The maximum atomic E-state index is 13.1. The van der Waals surface area contributed by atoms with Crippen LogP contribution in [0.1, 0.15) is 24.2 Å². The van der Waals surface area contributed by atoms with Crippen molar-refractivity contribution in [3.8, 4) is 17.2 Å². The van der Waals surface area contributed by atoms with E-state index in [0.29, 0.717) is 18.5 Å². The van der Waals surface area contributed by atoms with Gasteiger partial charge in [0.15, 0.2) is 0 Å². The number of fused-ring (bicyclic) bond motifs is 1. The molecule has 0 radical (unpaired) electrons. The third-order valence-electron chi connectivity index (χ3n) is 5.31. The standard InChI is InChI=1S/C22H20FNO6/c1-12-20(30-14-6-4-13(23)5-7-14)19(26)15-8-9-18(25)16(21(15)29-12)11-24-10-2-3-17(24)22(27)28/h4-9,17,25H,2-3,10-11H2,1H3,(H,27,28). The van der Waals surface area contributed by atoms with Crippen LogP contribution < -0.4 is 10.2 Å². The van der Waals surface area contributed by atoms with Gasteiger partial charge < -0.3 is 19.4 Å². The summed E-state index contributed by atoms with van der Waals surface area (Å²) in [7, 11) is 0. The van der Waals surface area contributed by atoms with Gasteiger partial charge in [0.05, 0.1) is 10.9 Å². The molecule has 4 rings (SSSR count). The van der Waals surface area contributed by atoms with Crippen molar-refractivity contribution in [2.75, 3.05) is 6.54 Å². The smallest absolute Gasteiger partial charge is 0.320 e. The predicted molar refractivity (Wildman–Crippen MR) is 106 cm³/mol. The number of aryl methyl sites for hydroxylation is 1. The zero-order chi connectivity index (χ0) is 21.4. The van der Waals surface area contributed by atoms with Crippen LogP contribution in [0.2, 0.25) is 0 Å². The summed E-state index contributed by atoms with van der Waals surface area (Å²) in [6.07, 6.45) is 1.26. The Hall–Kier alpha value is -3.39. The number of ether oxygens (including phenoxy) is 1. The van der Waals surface area contributed by atoms with E-state index in [1.807, 2.05) is 0 Å². The normalized spacial score (nSPS) is 16.8. The number of aliphatic carboxylic acids is 1. The lowest BCUT2D eigenvalue weighted by atomic mass is 10.1. The predicted octanol–water partition coefficient (Wildman–Crippen LogP) is 3.79. The Labute approximate surface area is 170 Å². The number of carboxylic acids is 1. The van der Waals surface area contributed by atoms with E-state index in [2.05, 4.69) is 0 Å². The van der Waals surface area contributed by atoms with E-state index in [9.17, 15) is 24.2 Å². The van der Waals surface area contributed by atoms with Gasteiger partial charge >= 0.3 is 5.97 Å². The number of hydrogen-bond donors (Lipinski definition) is 2. The van der Waals surface area contributed by atoms with Gasteiger partial charge in [-0.05, 0) is 62.7 Å². The van der Waals surface area contributed by atoms with Crippen LogP contribution in [-0.4, -0.2) is 33.7 Å². The monoisotopic (exact) mass is 413 g/mol. The Morgan fingerprint density at radius 2 is 2.00 bits per heavy atom. The lowest BCUT2D eigenvalue weighted by Gasteiger charge is -2.22. The first-order valence-electron chi connectivity index (χ1n) is 9.53. The number of carboxylic acid groups (broad SMARTS) is 1. The summed E-state index contributed by atoms with van der Waals surface area (Å²) in [6, 6.07) is 7.43. The molecule has 0 saturated carbocycles. The maximum Gasteiger partial charge on any atom is 0.320 e. The van der Waals surface area contributed by atoms with E-state index >= 15 is 0 Å². The van der Waals surface area contributed by atoms with Crippen LogP contribution in [0.15, 0.2) is 45.6 Å². The molecule has 0 aliphatic carbocycles. The zero-order valence-corrected chi connectivity index (χ0v) is 16.2. The molecule has 2 N–H and O–H groups in total. The largest absolute Gasteiger partial charge is 0.507 e. The fraction of sp³-hybridized carbons (Fsp3) is 0.273. The van der Waals surface area contributed by atoms with Crippen LogP contribution >= 0.6 is 0 Å². The van der Waals surface area contributed by atoms with Gasteiger partial charge in [0.1, 0.15) is 34.7 Å². The molecule has 8 heteroatoms. The molecule has 1 aromatic heterocycles. The molecule has 2 aromatic carbocycles. The number of phenolic OH excluding ortho intramolecular Hbond substituents is 1. The molecule has 1 aliphatic rings. The summed E-state index contributed by atoms with van der Waals surface area (Å²) < 4.78 is 24.6. The first-order chi connectivity index (χ1) is 14.3. The molecule has 1 unspecified atom stereocenters. The van der Waals surface area contributed by atoms with Crippen molar-refractivity contribution in [1.82, 2.24) is 4.90 Å². The highest BCUT2D eigenvalue weighted by Gasteiger charge is 2.32. The summed E-state index contributed by atoms with van der Waals surface area (Å²) >= 11 is 0. The van der Waals surface area contributed by atoms with Crippen molar-refractivity contribution in [2.24, 2.45) is 0 Å². The Morgan fingerprint density at radius 3 is 2.70 bits per heavy atom. The van der Waals surface area contributed by atoms with Gasteiger partial charge in [-0.2, -0.15) is 0 Å². The highest BCUT2D eigenvalue weighted by molar-refractivity contribution is 5.83. The van der Waals surface area contributed by atoms with Gasteiger partial charge in [-0.3, -0.25) is 14.5 Å². The summed E-state index contributed by atoms with van der Waals surface area (Å²) in [5.74, 6) is -0.971. The van der Waals surface area contributed by atoms with Gasteiger partial charge in [0.2, 0.25) is 11.2 Å². The average Bonchev–Trinajstić information content (AvgIpc) is 3.17. The molecule has 1 fully saturated rings. The van der Waals surface area contributed by atoms with Crippen molar-refractivity contribution in [3.05, 3.63) is 63.8 Å². The van der Waals surface area contributed by atoms with Gasteiger partial charge in [0, 0.05) is 6.54 Å². The highest BCUT2D eigenvalue weighted by atomic mass is 19.1. The molecule has 1 atom stereocenters. The topological polar surface area (TPSA) is 100 Å². The molecule has 1 aliphatic heterocycles. The van der Waals surface area contributed by atoms with E-state index in [-0.39, 0.29) is 40.5 Å². The summed E-state index contributed by atoms with van der Waals surface area (Å²) in [5.41, 5.74) is 0.115. The minimum atomic E-state index is -0.917. The van der Waals surface area contributed by atoms with Crippen LogP contribution in [0.25, 0.3) is 11.0 Å². The molecular weight excluding hydrogens is 393 g/mol. The van der Waals surface area contributed by atoms with Crippen molar-refractivity contribution in [1.29, 1.82) is 0 Å². The number of likely N-dealkylation sites (tertiary alicyclic amines) is 1. The van der Waals surface area contributed by atoms with Gasteiger partial charge in [-0.1, -0.05) is 0 Å². The second-order valence-corrected chi connectivity index (χ2v) is 7.28. The number of benzene rings is 2. The Balaban J connectivity index is 1.76. The quantitative estimate of drug-likeness (QED) is 0.656. The van der Waals surface area contributed by atoms with Crippen molar-refractivity contribution in [3.63, 3.8) is 0 Å². The second-order valence-electron chi connectivity index (χ2n) is 7.28. The van der Waals surface area contributed by atoms with Crippen molar-refractivity contribution >= 4 is 16.9 Å². The summed E-state index contributed by atoms with van der Waals surface area (Å²) in [4.78, 5) is 26.3. The van der Waals surface area contributed by atoms with Crippen LogP contribution in [0.4, 0.5) is 4.39 Å². The molecule has 7 nitrogen and oxygen atoms in total. The second kappa shape index (κ2) is 7.79. The summed E-state index contributed by atoms with van der Waals surface area (Å²) in [6.45, 7) is 2.27. The fourth-order valence-corrected chi connectivity index (χ4v) is 3.78. The van der Waals surface area contributed by atoms with Crippen LogP contribution in [0.3, 0.4) is 0 Å². The number of phenols is 1. The molecule has 156 valence electrons. The first kappa shape index (κ1) is 19.9. The third-order valence-corrected chi connectivity index (χ3v) is 5.31. The lowest BCUT2D eigenvalue weighted by Crippen LogP contribution is -2.35. The van der Waals surface area contributed by atoms with Crippen molar-refractivity contribution in [2.45, 2.75) is 32.4 Å². The van der Waals surface area contributed by atoms with Gasteiger partial charge in [-0.25, -0.2) is 4.39 Å². The minimum absolute atomic E-state index is 0.0321. The Kier molecular flexibility index (Phi) is 5.17. The molecule has 0 bridgehead atoms. The molecule has 1 saturated heterocycles. The average molecular weight is 413 g/mol. The number of aromatic hydroxyl groups is 1. The molecule has 30 heavy (non-hydrogen) atoms. The third kappa shape index (κ3) is 3.61. The molecular formula is C22H20FNO6. The fourth-order valence-electron chi connectivity index (χ4n) is 3.78. The number of hydrogen-bond acceptors (Lipinski definition) is 6. The zero-order valence-electron chi connectivity index (χ0n) is 16.2. The van der Waals surface area contributed by atoms with Crippen LogP contribution in [0, 0.1) is 12.7 Å². The molecule has 2 heterocycles. The molecule has 0 spiro atoms.